The van der Waals surface area contributed by atoms with Crippen LogP contribution >= 0.6 is 12.4 Å². The molecule has 4 heteroatoms. The Hall–Kier alpha value is -0.540. The maximum Gasteiger partial charge on any atom is 0.234 e. The first-order chi connectivity index (χ1) is 7.72. The van der Waals surface area contributed by atoms with Gasteiger partial charge in [-0.3, -0.25) is 9.69 Å². The number of hydrogen-bond acceptors (Lipinski definition) is 2. The summed E-state index contributed by atoms with van der Waals surface area (Å²) in [6, 6.07) is 0.401. The van der Waals surface area contributed by atoms with Crippen LogP contribution in [0.4, 0.5) is 0 Å². The van der Waals surface area contributed by atoms with Gasteiger partial charge in [-0.05, 0) is 37.8 Å². The van der Waals surface area contributed by atoms with Gasteiger partial charge in [0, 0.05) is 6.04 Å². The number of carbonyl (C=O) groups is 1. The van der Waals surface area contributed by atoms with Crippen LogP contribution in [0, 0.1) is 11.8 Å². The van der Waals surface area contributed by atoms with Crippen molar-refractivity contribution in [1.29, 1.82) is 0 Å². The SMILES string of the molecule is CCN(CC)CC(=O)NC1C[C@@H]2C=C[C@H]1C2.Cl. The van der Waals surface area contributed by atoms with Crippen LogP contribution in [0.1, 0.15) is 26.7 Å². The second-order valence-electron chi connectivity index (χ2n) is 4.92. The number of nitrogens with zero attached hydrogens (tertiary/aromatic N) is 1. The first-order valence-electron chi connectivity index (χ1n) is 6.43. The van der Waals surface area contributed by atoms with Crippen LogP contribution in [0.15, 0.2) is 12.2 Å². The van der Waals surface area contributed by atoms with Crippen LogP contribution < -0.4 is 5.32 Å². The van der Waals surface area contributed by atoms with E-state index in [1.807, 2.05) is 0 Å². The Balaban J connectivity index is 0.00000144. The molecule has 0 aromatic heterocycles. The van der Waals surface area contributed by atoms with Gasteiger partial charge in [0.1, 0.15) is 0 Å². The highest BCUT2D eigenvalue weighted by Crippen LogP contribution is 2.38. The zero-order valence-corrected chi connectivity index (χ0v) is 11.5. The first-order valence-corrected chi connectivity index (χ1v) is 6.43. The summed E-state index contributed by atoms with van der Waals surface area (Å²) in [4.78, 5) is 14.0. The molecule has 1 amide bonds. The molecule has 2 bridgehead atoms. The van der Waals surface area contributed by atoms with Crippen molar-refractivity contribution in [3.05, 3.63) is 12.2 Å². The molecular formula is C13H23ClN2O. The van der Waals surface area contributed by atoms with Crippen molar-refractivity contribution in [3.8, 4) is 0 Å². The Morgan fingerprint density at radius 3 is 2.47 bits per heavy atom. The molecule has 1 unspecified atom stereocenters. The molecule has 1 N–H and O–H groups in total. The van der Waals surface area contributed by atoms with Gasteiger partial charge in [0.2, 0.25) is 5.91 Å². The van der Waals surface area contributed by atoms with E-state index in [0.29, 0.717) is 18.5 Å². The van der Waals surface area contributed by atoms with Gasteiger partial charge in [-0.15, -0.1) is 12.4 Å². The highest BCUT2D eigenvalue weighted by Gasteiger charge is 2.36. The molecule has 2 aliphatic rings. The van der Waals surface area contributed by atoms with Crippen molar-refractivity contribution in [2.24, 2.45) is 11.8 Å². The maximum absolute atomic E-state index is 11.8. The van der Waals surface area contributed by atoms with Crippen molar-refractivity contribution in [2.75, 3.05) is 19.6 Å². The van der Waals surface area contributed by atoms with Crippen molar-refractivity contribution in [2.45, 2.75) is 32.7 Å². The molecule has 0 heterocycles. The molecule has 0 aromatic carbocycles. The number of halogens is 1. The fraction of sp³-hybridized carbons (Fsp3) is 0.769. The second kappa shape index (κ2) is 6.41. The number of carbonyl (C=O) groups excluding carboxylic acids is 1. The van der Waals surface area contributed by atoms with Gasteiger partial charge in [0.25, 0.3) is 0 Å². The number of nitrogens with one attached hydrogen (secondary N) is 1. The van der Waals surface area contributed by atoms with Gasteiger partial charge in [-0.25, -0.2) is 0 Å². The van der Waals surface area contributed by atoms with Gasteiger partial charge >= 0.3 is 0 Å². The Kier molecular flexibility index (Phi) is 5.47. The molecule has 17 heavy (non-hydrogen) atoms. The first kappa shape index (κ1) is 14.5. The van der Waals surface area contributed by atoms with Crippen LogP contribution in [0.2, 0.25) is 0 Å². The average molecular weight is 259 g/mol. The zero-order valence-electron chi connectivity index (χ0n) is 10.7. The minimum Gasteiger partial charge on any atom is -0.352 e. The molecule has 0 spiro atoms. The van der Waals surface area contributed by atoms with Crippen LogP contribution in [-0.4, -0.2) is 36.5 Å². The molecule has 1 saturated carbocycles. The van der Waals surface area contributed by atoms with E-state index in [2.05, 4.69) is 36.2 Å². The summed E-state index contributed by atoms with van der Waals surface area (Å²) in [6.45, 7) is 6.62. The van der Waals surface area contributed by atoms with E-state index in [1.54, 1.807) is 0 Å². The molecule has 98 valence electrons. The number of hydrogen-bond donors (Lipinski definition) is 1. The minimum absolute atomic E-state index is 0. The lowest BCUT2D eigenvalue weighted by atomic mass is 10.0. The summed E-state index contributed by atoms with van der Waals surface area (Å²) >= 11 is 0. The van der Waals surface area contributed by atoms with Crippen LogP contribution in [0.5, 0.6) is 0 Å². The largest absolute Gasteiger partial charge is 0.352 e. The van der Waals surface area contributed by atoms with Crippen LogP contribution in [0.25, 0.3) is 0 Å². The van der Waals surface area contributed by atoms with Crippen molar-refractivity contribution in [3.63, 3.8) is 0 Å². The summed E-state index contributed by atoms with van der Waals surface area (Å²) < 4.78 is 0. The number of rotatable bonds is 5. The van der Waals surface area contributed by atoms with Crippen LogP contribution in [-0.2, 0) is 4.79 Å². The quantitative estimate of drug-likeness (QED) is 0.763. The van der Waals surface area contributed by atoms with E-state index < -0.39 is 0 Å². The van der Waals surface area contributed by atoms with Crippen molar-refractivity contribution >= 4 is 18.3 Å². The van der Waals surface area contributed by atoms with E-state index in [-0.39, 0.29) is 18.3 Å². The molecular weight excluding hydrogens is 236 g/mol. The smallest absolute Gasteiger partial charge is 0.234 e. The summed E-state index contributed by atoms with van der Waals surface area (Å²) in [5, 5.41) is 3.18. The highest BCUT2D eigenvalue weighted by molar-refractivity contribution is 5.85. The number of allylic oxidation sites excluding steroid dienone is 1. The molecule has 3 nitrogen and oxygen atoms in total. The normalized spacial score (nSPS) is 29.5. The summed E-state index contributed by atoms with van der Waals surface area (Å²) in [6.07, 6.45) is 6.97. The molecule has 3 atom stereocenters. The lowest BCUT2D eigenvalue weighted by Crippen LogP contribution is -2.43. The molecule has 0 aliphatic heterocycles. The second-order valence-corrected chi connectivity index (χ2v) is 4.92. The molecule has 0 radical (unpaired) electrons. The van der Waals surface area contributed by atoms with Crippen LogP contribution in [0.3, 0.4) is 0 Å². The predicted molar refractivity (Wildman–Crippen MR) is 72.3 cm³/mol. The molecule has 0 saturated heterocycles. The van der Waals surface area contributed by atoms with E-state index in [4.69, 9.17) is 0 Å². The van der Waals surface area contributed by atoms with E-state index in [1.165, 1.54) is 6.42 Å². The molecule has 2 rings (SSSR count). The lowest BCUT2D eigenvalue weighted by molar-refractivity contribution is -0.123. The Morgan fingerprint density at radius 1 is 1.29 bits per heavy atom. The molecule has 0 aromatic rings. The summed E-state index contributed by atoms with van der Waals surface area (Å²) in [5.41, 5.74) is 0. The standard InChI is InChI=1S/C13H22N2O.ClH/c1-3-15(4-2)9-13(16)14-12-8-10-5-6-11(12)7-10;/h5-6,10-12H,3-4,7-9H2,1-2H3,(H,14,16);1H/t10-,11+,12?;/m1./s1. The Labute approximate surface area is 110 Å². The highest BCUT2D eigenvalue weighted by atomic mass is 35.5. The van der Waals surface area contributed by atoms with Gasteiger partial charge in [-0.2, -0.15) is 0 Å². The number of amides is 1. The van der Waals surface area contributed by atoms with E-state index in [9.17, 15) is 4.79 Å². The zero-order chi connectivity index (χ0) is 11.5. The van der Waals surface area contributed by atoms with E-state index >= 15 is 0 Å². The Morgan fingerprint density at radius 2 is 2.00 bits per heavy atom. The van der Waals surface area contributed by atoms with Crippen molar-refractivity contribution in [1.82, 2.24) is 10.2 Å². The van der Waals surface area contributed by atoms with Crippen molar-refractivity contribution < 1.29 is 4.79 Å². The summed E-state index contributed by atoms with van der Waals surface area (Å²) in [7, 11) is 0. The third kappa shape index (κ3) is 3.46. The number of likely N-dealkylation sites (N-methyl/N-ethyl adjacent to an activating group) is 1. The monoisotopic (exact) mass is 258 g/mol. The fourth-order valence-electron chi connectivity index (χ4n) is 2.85. The van der Waals surface area contributed by atoms with E-state index in [0.717, 1.165) is 25.4 Å². The minimum atomic E-state index is 0. The average Bonchev–Trinajstić information content (AvgIpc) is 2.87. The molecule has 1 fully saturated rings. The maximum atomic E-state index is 11.8. The molecule has 2 aliphatic carbocycles. The lowest BCUT2D eigenvalue weighted by Gasteiger charge is -2.23. The Bertz CT molecular complexity index is 289. The number of fused-ring (bicyclic) bond motifs is 2. The van der Waals surface area contributed by atoms with Gasteiger partial charge in [-0.1, -0.05) is 26.0 Å². The fourth-order valence-corrected chi connectivity index (χ4v) is 2.85. The van der Waals surface area contributed by atoms with Gasteiger partial charge in [0.15, 0.2) is 0 Å². The topological polar surface area (TPSA) is 32.3 Å². The van der Waals surface area contributed by atoms with Gasteiger partial charge < -0.3 is 5.32 Å². The van der Waals surface area contributed by atoms with Gasteiger partial charge in [0.05, 0.1) is 6.54 Å². The summed E-state index contributed by atoms with van der Waals surface area (Å²) in [5.74, 6) is 1.52. The predicted octanol–water partition coefficient (Wildman–Crippen LogP) is 1.83. The third-order valence-electron chi connectivity index (χ3n) is 3.89. The third-order valence-corrected chi connectivity index (χ3v) is 3.89.